The quantitative estimate of drug-likeness (QED) is 0.585. The number of benzene rings is 2. The summed E-state index contributed by atoms with van der Waals surface area (Å²) in [4.78, 5) is 1.99. The minimum Gasteiger partial charge on any atom is -0.496 e. The van der Waals surface area contributed by atoms with Crippen molar-refractivity contribution in [1.29, 1.82) is 0 Å². The summed E-state index contributed by atoms with van der Waals surface area (Å²) in [6.45, 7) is 2.68. The first-order chi connectivity index (χ1) is 14.8. The van der Waals surface area contributed by atoms with Crippen LogP contribution in [0.5, 0.6) is 5.75 Å². The number of hydrogen-bond acceptors (Lipinski definition) is 3. The van der Waals surface area contributed by atoms with Crippen LogP contribution < -0.4 is 4.74 Å². The molecular formula is C23H25F6NO2. The molecule has 0 bridgehead atoms. The Hall–Kier alpha value is -2.26. The Kier molecular flexibility index (Phi) is 6.81. The van der Waals surface area contributed by atoms with Crippen molar-refractivity contribution in [2.24, 2.45) is 0 Å². The smallest absolute Gasteiger partial charge is 0.416 e. The maximum absolute atomic E-state index is 13.4. The van der Waals surface area contributed by atoms with Crippen LogP contribution in [0.4, 0.5) is 26.3 Å². The molecule has 2 aromatic rings. The van der Waals surface area contributed by atoms with E-state index in [4.69, 9.17) is 4.74 Å². The molecule has 1 fully saturated rings. The molecule has 1 N–H and O–H groups in total. The van der Waals surface area contributed by atoms with Gasteiger partial charge in [-0.15, -0.1) is 0 Å². The van der Waals surface area contributed by atoms with E-state index in [-0.39, 0.29) is 18.1 Å². The molecule has 1 aliphatic rings. The minimum atomic E-state index is -4.91. The second kappa shape index (κ2) is 8.94. The van der Waals surface area contributed by atoms with Crippen molar-refractivity contribution in [3.05, 3.63) is 64.7 Å². The van der Waals surface area contributed by atoms with Crippen molar-refractivity contribution < 1.29 is 36.2 Å². The monoisotopic (exact) mass is 461 g/mol. The number of hydrogen-bond donors (Lipinski definition) is 1. The summed E-state index contributed by atoms with van der Waals surface area (Å²) < 4.78 is 85.8. The molecule has 3 nitrogen and oxygen atoms in total. The zero-order valence-corrected chi connectivity index (χ0v) is 17.7. The van der Waals surface area contributed by atoms with Crippen LogP contribution in [0.15, 0.2) is 42.5 Å². The van der Waals surface area contributed by atoms with Crippen LogP contribution in [-0.4, -0.2) is 36.3 Å². The Morgan fingerprint density at radius 3 is 1.97 bits per heavy atom. The van der Waals surface area contributed by atoms with Gasteiger partial charge in [-0.05, 0) is 56.0 Å². The fourth-order valence-corrected chi connectivity index (χ4v) is 4.35. The van der Waals surface area contributed by atoms with Gasteiger partial charge in [0.05, 0.1) is 29.9 Å². The maximum Gasteiger partial charge on any atom is 0.416 e. The van der Waals surface area contributed by atoms with Crippen molar-refractivity contribution >= 4 is 0 Å². The van der Waals surface area contributed by atoms with Gasteiger partial charge in [0.15, 0.2) is 0 Å². The van der Waals surface area contributed by atoms with Gasteiger partial charge in [0, 0.05) is 18.7 Å². The van der Waals surface area contributed by atoms with E-state index in [1.165, 1.54) is 7.11 Å². The van der Waals surface area contributed by atoms with E-state index >= 15 is 0 Å². The Bertz CT molecular complexity index is 903. The van der Waals surface area contributed by atoms with Crippen LogP contribution in [0.25, 0.3) is 0 Å². The number of aliphatic hydroxyl groups is 1. The predicted molar refractivity (Wildman–Crippen MR) is 107 cm³/mol. The van der Waals surface area contributed by atoms with Gasteiger partial charge in [-0.3, -0.25) is 4.90 Å². The van der Waals surface area contributed by atoms with Crippen molar-refractivity contribution in [3.63, 3.8) is 0 Å². The number of halogens is 6. The van der Waals surface area contributed by atoms with Gasteiger partial charge < -0.3 is 9.84 Å². The molecule has 0 radical (unpaired) electrons. The Balaban J connectivity index is 2.13. The summed E-state index contributed by atoms with van der Waals surface area (Å²) in [6, 6.07) is 8.67. The molecule has 0 saturated carbocycles. The second-order valence-corrected chi connectivity index (χ2v) is 8.28. The predicted octanol–water partition coefficient (Wildman–Crippen LogP) is 5.65. The van der Waals surface area contributed by atoms with Gasteiger partial charge in [0.25, 0.3) is 0 Å². The first-order valence-corrected chi connectivity index (χ1v) is 10.2. The third kappa shape index (κ3) is 5.20. The molecule has 0 spiro atoms. The topological polar surface area (TPSA) is 32.7 Å². The summed E-state index contributed by atoms with van der Waals surface area (Å²) in [6.07, 6.45) is -9.49. The van der Waals surface area contributed by atoms with E-state index in [0.29, 0.717) is 37.2 Å². The van der Waals surface area contributed by atoms with Crippen LogP contribution in [0, 0.1) is 0 Å². The summed E-state index contributed by atoms with van der Waals surface area (Å²) in [5.41, 5.74) is -3.05. The highest BCUT2D eigenvalue weighted by atomic mass is 19.4. The maximum atomic E-state index is 13.4. The molecule has 0 amide bonds. The Morgan fingerprint density at radius 2 is 1.47 bits per heavy atom. The van der Waals surface area contributed by atoms with Gasteiger partial charge >= 0.3 is 12.4 Å². The highest BCUT2D eigenvalue weighted by Crippen LogP contribution is 2.42. The lowest BCUT2D eigenvalue weighted by Gasteiger charge is -2.45. The number of methoxy groups -OCH3 is 1. The van der Waals surface area contributed by atoms with Crippen LogP contribution >= 0.6 is 0 Å². The first-order valence-electron chi connectivity index (χ1n) is 10.2. The lowest BCUT2D eigenvalue weighted by molar-refractivity contribution is -0.143. The van der Waals surface area contributed by atoms with E-state index in [2.05, 4.69) is 0 Å². The molecule has 0 aliphatic carbocycles. The van der Waals surface area contributed by atoms with Gasteiger partial charge in [0.2, 0.25) is 0 Å². The van der Waals surface area contributed by atoms with Crippen molar-refractivity contribution in [3.8, 4) is 5.75 Å². The zero-order chi connectivity index (χ0) is 23.7. The molecular weight excluding hydrogens is 436 g/mol. The van der Waals surface area contributed by atoms with E-state index in [1.807, 2.05) is 4.90 Å². The summed E-state index contributed by atoms with van der Waals surface area (Å²) in [5, 5.41) is 9.90. The average Bonchev–Trinajstić information content (AvgIpc) is 2.72. The molecule has 9 heteroatoms. The largest absolute Gasteiger partial charge is 0.496 e. The number of likely N-dealkylation sites (tertiary alicyclic amines) is 1. The summed E-state index contributed by atoms with van der Waals surface area (Å²) >= 11 is 0. The summed E-state index contributed by atoms with van der Waals surface area (Å²) in [5.74, 6) is 0.490. The molecule has 0 aromatic heterocycles. The first kappa shape index (κ1) is 24.4. The molecule has 3 rings (SSSR count). The fourth-order valence-electron chi connectivity index (χ4n) is 4.35. The third-order valence-electron chi connectivity index (χ3n) is 6.05. The number of alkyl halides is 6. The number of aliphatic hydroxyl groups excluding tert-OH is 1. The Morgan fingerprint density at radius 1 is 0.938 bits per heavy atom. The van der Waals surface area contributed by atoms with Crippen LogP contribution in [0.1, 0.15) is 42.0 Å². The summed E-state index contributed by atoms with van der Waals surface area (Å²) in [7, 11) is 1.46. The number of ether oxygens (including phenoxy) is 1. The highest BCUT2D eigenvalue weighted by Gasteiger charge is 2.41. The molecule has 1 atom stereocenters. The second-order valence-electron chi connectivity index (χ2n) is 8.28. The number of piperidine rings is 1. The third-order valence-corrected chi connectivity index (χ3v) is 6.05. The number of nitrogens with zero attached hydrogens (tertiary/aromatic N) is 1. The van der Waals surface area contributed by atoms with E-state index in [1.54, 1.807) is 31.2 Å². The lowest BCUT2D eigenvalue weighted by atomic mass is 9.81. The van der Waals surface area contributed by atoms with E-state index < -0.39 is 35.1 Å². The van der Waals surface area contributed by atoms with Crippen molar-refractivity contribution in [2.75, 3.05) is 20.2 Å². The van der Waals surface area contributed by atoms with Crippen molar-refractivity contribution in [1.82, 2.24) is 4.90 Å². The van der Waals surface area contributed by atoms with Crippen LogP contribution in [-0.2, 0) is 24.3 Å². The van der Waals surface area contributed by atoms with Gasteiger partial charge in [-0.25, -0.2) is 0 Å². The lowest BCUT2D eigenvalue weighted by Crippen LogP contribution is -2.50. The van der Waals surface area contributed by atoms with E-state index in [9.17, 15) is 31.4 Å². The van der Waals surface area contributed by atoms with Crippen LogP contribution in [0.3, 0.4) is 0 Å². The van der Waals surface area contributed by atoms with E-state index in [0.717, 1.165) is 12.1 Å². The number of rotatable bonds is 5. The molecule has 1 heterocycles. The molecule has 1 saturated heterocycles. The van der Waals surface area contributed by atoms with Crippen molar-refractivity contribution in [2.45, 2.75) is 50.2 Å². The average molecular weight is 461 g/mol. The molecule has 32 heavy (non-hydrogen) atoms. The van der Waals surface area contributed by atoms with Gasteiger partial charge in [-0.1, -0.05) is 18.2 Å². The molecule has 2 aromatic carbocycles. The fraction of sp³-hybridized carbons (Fsp3) is 0.478. The van der Waals surface area contributed by atoms with Gasteiger partial charge in [-0.2, -0.15) is 26.3 Å². The van der Waals surface area contributed by atoms with Crippen LogP contribution in [0.2, 0.25) is 0 Å². The molecule has 1 aliphatic heterocycles. The van der Waals surface area contributed by atoms with Gasteiger partial charge in [0.1, 0.15) is 5.75 Å². The highest BCUT2D eigenvalue weighted by molar-refractivity contribution is 5.42. The standard InChI is InChI=1S/C23H25F6NO2/c1-21(30-9-7-18(31)8-10-30,19-5-3-4-6-20(19)32-2)14-15-11-16(22(24,25)26)13-17(12-15)23(27,28)29/h3-6,11-13,18,31H,7-10,14H2,1-2H3. The molecule has 1 unspecified atom stereocenters. The minimum absolute atomic E-state index is 0.0771. The molecule has 176 valence electrons. The Labute approximate surface area is 182 Å². The zero-order valence-electron chi connectivity index (χ0n) is 17.7. The normalized spacial score (nSPS) is 18.4. The SMILES string of the molecule is COc1ccccc1C(C)(Cc1cc(C(F)(F)F)cc(C(F)(F)F)c1)N1CCC(O)CC1. The number of para-hydroxylation sites is 1.